The number of nitrogens with zero attached hydrogens (tertiary/aromatic N) is 2. The second-order valence-corrected chi connectivity index (χ2v) is 7.60. The summed E-state index contributed by atoms with van der Waals surface area (Å²) in [6, 6.07) is 13.2. The molecule has 0 saturated carbocycles. The molecule has 4 rings (SSSR count). The zero-order valence-electron chi connectivity index (χ0n) is 14.5. The summed E-state index contributed by atoms with van der Waals surface area (Å²) in [4.78, 5) is 31.4. The van der Waals surface area contributed by atoms with Crippen molar-refractivity contribution in [2.75, 3.05) is 18.4 Å². The molecule has 1 fully saturated rings. The monoisotopic (exact) mass is 383 g/mol. The highest BCUT2D eigenvalue weighted by Crippen LogP contribution is 2.27. The van der Waals surface area contributed by atoms with Gasteiger partial charge in [0.2, 0.25) is 5.91 Å². The number of aromatic nitrogens is 1. The van der Waals surface area contributed by atoms with E-state index in [2.05, 4.69) is 10.3 Å². The van der Waals surface area contributed by atoms with E-state index in [0.29, 0.717) is 23.8 Å². The van der Waals surface area contributed by atoms with Crippen LogP contribution in [0.1, 0.15) is 23.2 Å². The van der Waals surface area contributed by atoms with Gasteiger partial charge in [0.1, 0.15) is 5.82 Å². The Hall–Kier alpha value is -2.80. The molecule has 0 spiro atoms. The van der Waals surface area contributed by atoms with Crippen LogP contribution in [0.3, 0.4) is 0 Å². The Kier molecular flexibility index (Phi) is 4.85. The van der Waals surface area contributed by atoms with E-state index in [1.807, 2.05) is 24.3 Å². The molecule has 1 saturated heterocycles. The molecule has 0 aliphatic carbocycles. The molecule has 1 aliphatic rings. The summed E-state index contributed by atoms with van der Waals surface area (Å²) in [5, 5.41) is 3.46. The molecule has 2 amide bonds. The van der Waals surface area contributed by atoms with Gasteiger partial charge >= 0.3 is 0 Å². The SMILES string of the molecule is O=C(Nc1nc2ccccc2s1)[C@@H]1CCCN(C(=O)c2ccc(F)cc2)C1. The predicted molar refractivity (Wildman–Crippen MR) is 103 cm³/mol. The van der Waals surface area contributed by atoms with Gasteiger partial charge in [0.15, 0.2) is 5.13 Å². The summed E-state index contributed by atoms with van der Waals surface area (Å²) in [6.45, 7) is 0.952. The summed E-state index contributed by atoms with van der Waals surface area (Å²) < 4.78 is 14.1. The Morgan fingerprint density at radius 1 is 1.15 bits per heavy atom. The van der Waals surface area contributed by atoms with Crippen LogP contribution in [-0.2, 0) is 4.79 Å². The first-order valence-corrected chi connectivity index (χ1v) is 9.63. The van der Waals surface area contributed by atoms with E-state index in [0.717, 1.165) is 23.1 Å². The van der Waals surface area contributed by atoms with Crippen LogP contribution in [0.4, 0.5) is 9.52 Å². The number of benzene rings is 2. The van der Waals surface area contributed by atoms with Gasteiger partial charge in [0, 0.05) is 18.7 Å². The number of rotatable bonds is 3. The van der Waals surface area contributed by atoms with Gasteiger partial charge in [-0.15, -0.1) is 0 Å². The van der Waals surface area contributed by atoms with Crippen molar-refractivity contribution in [3.63, 3.8) is 0 Å². The van der Waals surface area contributed by atoms with Gasteiger partial charge in [0.25, 0.3) is 5.91 Å². The minimum Gasteiger partial charge on any atom is -0.338 e. The Morgan fingerprint density at radius 2 is 1.93 bits per heavy atom. The third-order valence-electron chi connectivity index (χ3n) is 4.69. The second-order valence-electron chi connectivity index (χ2n) is 6.57. The highest BCUT2D eigenvalue weighted by Gasteiger charge is 2.29. The van der Waals surface area contributed by atoms with Gasteiger partial charge in [-0.1, -0.05) is 23.5 Å². The lowest BCUT2D eigenvalue weighted by molar-refractivity contribution is -0.121. The standard InChI is InChI=1S/C20H18FN3O2S/c21-15-9-7-13(8-10-15)19(26)24-11-3-4-14(12-24)18(25)23-20-22-16-5-1-2-6-17(16)27-20/h1-2,5-10,14H,3-4,11-12H2,(H,22,23,25)/t14-/m1/s1. The summed E-state index contributed by atoms with van der Waals surface area (Å²) in [7, 11) is 0. The molecule has 1 N–H and O–H groups in total. The van der Waals surface area contributed by atoms with Crippen LogP contribution in [0, 0.1) is 11.7 Å². The van der Waals surface area contributed by atoms with E-state index in [1.165, 1.54) is 35.6 Å². The third-order valence-corrected chi connectivity index (χ3v) is 5.65. The van der Waals surface area contributed by atoms with E-state index < -0.39 is 0 Å². The number of amides is 2. The molecule has 7 heteroatoms. The number of anilines is 1. The molecule has 1 aliphatic heterocycles. The Labute approximate surface area is 159 Å². The Balaban J connectivity index is 1.43. The number of carbonyl (C=O) groups excluding carboxylic acids is 2. The highest BCUT2D eigenvalue weighted by molar-refractivity contribution is 7.22. The number of thiazole rings is 1. The number of fused-ring (bicyclic) bond motifs is 1. The van der Waals surface area contributed by atoms with Crippen molar-refractivity contribution in [1.82, 2.24) is 9.88 Å². The molecule has 27 heavy (non-hydrogen) atoms. The van der Waals surface area contributed by atoms with Crippen LogP contribution >= 0.6 is 11.3 Å². The van der Waals surface area contributed by atoms with E-state index >= 15 is 0 Å². The van der Waals surface area contributed by atoms with Crippen molar-refractivity contribution in [2.24, 2.45) is 5.92 Å². The van der Waals surface area contributed by atoms with Crippen molar-refractivity contribution >= 4 is 38.5 Å². The Bertz CT molecular complexity index is 953. The average Bonchev–Trinajstić information content (AvgIpc) is 3.10. The van der Waals surface area contributed by atoms with Crippen molar-refractivity contribution < 1.29 is 14.0 Å². The summed E-state index contributed by atoms with van der Waals surface area (Å²) in [6.07, 6.45) is 1.48. The molecule has 1 atom stereocenters. The number of nitrogens with one attached hydrogen (secondary N) is 1. The van der Waals surface area contributed by atoms with Gasteiger partial charge < -0.3 is 10.2 Å². The first-order valence-electron chi connectivity index (χ1n) is 8.81. The molecule has 0 unspecified atom stereocenters. The normalized spacial score (nSPS) is 17.1. The number of hydrogen-bond acceptors (Lipinski definition) is 4. The van der Waals surface area contributed by atoms with Crippen LogP contribution in [0.25, 0.3) is 10.2 Å². The summed E-state index contributed by atoms with van der Waals surface area (Å²) >= 11 is 1.44. The predicted octanol–water partition coefficient (Wildman–Crippen LogP) is 3.93. The van der Waals surface area contributed by atoms with E-state index in [9.17, 15) is 14.0 Å². The number of para-hydroxylation sites is 1. The zero-order chi connectivity index (χ0) is 18.8. The molecule has 0 radical (unpaired) electrons. The average molecular weight is 383 g/mol. The second kappa shape index (κ2) is 7.44. The highest BCUT2D eigenvalue weighted by atomic mass is 32.1. The number of carbonyl (C=O) groups is 2. The summed E-state index contributed by atoms with van der Waals surface area (Å²) in [5.41, 5.74) is 1.29. The van der Waals surface area contributed by atoms with Gasteiger partial charge in [-0.25, -0.2) is 9.37 Å². The third kappa shape index (κ3) is 3.83. The lowest BCUT2D eigenvalue weighted by Crippen LogP contribution is -2.43. The van der Waals surface area contributed by atoms with Crippen molar-refractivity contribution in [3.05, 3.63) is 59.9 Å². The minimum absolute atomic E-state index is 0.120. The lowest BCUT2D eigenvalue weighted by Gasteiger charge is -2.32. The van der Waals surface area contributed by atoms with Gasteiger partial charge in [-0.3, -0.25) is 9.59 Å². The lowest BCUT2D eigenvalue weighted by atomic mass is 9.96. The molecular weight excluding hydrogens is 365 g/mol. The zero-order valence-corrected chi connectivity index (χ0v) is 15.3. The number of hydrogen-bond donors (Lipinski definition) is 1. The molecule has 138 valence electrons. The number of halogens is 1. The molecule has 3 aromatic rings. The van der Waals surface area contributed by atoms with Gasteiger partial charge in [0.05, 0.1) is 16.1 Å². The van der Waals surface area contributed by atoms with Crippen LogP contribution in [0.15, 0.2) is 48.5 Å². The van der Waals surface area contributed by atoms with E-state index in [4.69, 9.17) is 0 Å². The fourth-order valence-corrected chi connectivity index (χ4v) is 4.15. The molecular formula is C20H18FN3O2S. The first-order chi connectivity index (χ1) is 13.1. The fraction of sp³-hybridized carbons (Fsp3) is 0.250. The van der Waals surface area contributed by atoms with Crippen LogP contribution in [0.2, 0.25) is 0 Å². The Morgan fingerprint density at radius 3 is 2.70 bits per heavy atom. The molecule has 2 aromatic carbocycles. The van der Waals surface area contributed by atoms with Crippen molar-refractivity contribution in [1.29, 1.82) is 0 Å². The van der Waals surface area contributed by atoms with Crippen LogP contribution in [0.5, 0.6) is 0 Å². The van der Waals surface area contributed by atoms with Crippen LogP contribution in [-0.4, -0.2) is 34.8 Å². The molecule has 2 heterocycles. The van der Waals surface area contributed by atoms with Gasteiger partial charge in [-0.05, 0) is 49.2 Å². The van der Waals surface area contributed by atoms with Gasteiger partial charge in [-0.2, -0.15) is 0 Å². The maximum absolute atomic E-state index is 13.1. The molecule has 0 bridgehead atoms. The first kappa shape index (κ1) is 17.6. The van der Waals surface area contributed by atoms with E-state index in [-0.39, 0.29) is 23.5 Å². The number of likely N-dealkylation sites (tertiary alicyclic amines) is 1. The van der Waals surface area contributed by atoms with E-state index in [1.54, 1.807) is 4.90 Å². The van der Waals surface area contributed by atoms with Crippen molar-refractivity contribution in [3.8, 4) is 0 Å². The van der Waals surface area contributed by atoms with Crippen LogP contribution < -0.4 is 5.32 Å². The quantitative estimate of drug-likeness (QED) is 0.746. The molecule has 5 nitrogen and oxygen atoms in total. The maximum atomic E-state index is 13.1. The molecule has 1 aromatic heterocycles. The number of piperidine rings is 1. The van der Waals surface area contributed by atoms with Crippen molar-refractivity contribution in [2.45, 2.75) is 12.8 Å². The summed E-state index contributed by atoms with van der Waals surface area (Å²) in [5.74, 6) is -0.952. The smallest absolute Gasteiger partial charge is 0.253 e. The minimum atomic E-state index is -0.377. The topological polar surface area (TPSA) is 62.3 Å². The maximum Gasteiger partial charge on any atom is 0.253 e. The fourth-order valence-electron chi connectivity index (χ4n) is 3.28. The largest absolute Gasteiger partial charge is 0.338 e.